The van der Waals surface area contributed by atoms with Crippen molar-refractivity contribution in [3.05, 3.63) is 42.0 Å². The first-order valence-electron chi connectivity index (χ1n) is 8.04. The van der Waals surface area contributed by atoms with Crippen LogP contribution < -0.4 is 16.0 Å². The van der Waals surface area contributed by atoms with Gasteiger partial charge in [-0.15, -0.1) is 0 Å². The molecule has 0 saturated carbocycles. The lowest BCUT2D eigenvalue weighted by molar-refractivity contribution is -0.105. The van der Waals surface area contributed by atoms with Gasteiger partial charge < -0.3 is 16.0 Å². The second kappa shape index (κ2) is 5.66. The molecule has 4 rings (SSSR count). The first kappa shape index (κ1) is 14.2. The summed E-state index contributed by atoms with van der Waals surface area (Å²) in [7, 11) is 0. The van der Waals surface area contributed by atoms with Gasteiger partial charge in [0.15, 0.2) is 0 Å². The van der Waals surface area contributed by atoms with Gasteiger partial charge in [-0.2, -0.15) is 0 Å². The fourth-order valence-corrected chi connectivity index (χ4v) is 3.84. The summed E-state index contributed by atoms with van der Waals surface area (Å²) in [5.74, 6) is -0.0489. The van der Waals surface area contributed by atoms with Crippen molar-refractivity contribution in [1.29, 1.82) is 0 Å². The molecule has 0 unspecified atom stereocenters. The Morgan fingerprint density at radius 3 is 2.87 bits per heavy atom. The number of anilines is 1. The van der Waals surface area contributed by atoms with Gasteiger partial charge in [-0.25, -0.2) is 0 Å². The van der Waals surface area contributed by atoms with E-state index in [9.17, 15) is 9.59 Å². The number of amides is 2. The van der Waals surface area contributed by atoms with Crippen LogP contribution in [0.4, 0.5) is 5.69 Å². The molecule has 2 saturated heterocycles. The number of hydrogen-bond acceptors (Lipinski definition) is 3. The molecule has 3 N–H and O–H groups in total. The zero-order valence-corrected chi connectivity index (χ0v) is 12.7. The van der Waals surface area contributed by atoms with E-state index in [0.29, 0.717) is 29.7 Å². The molecule has 23 heavy (non-hydrogen) atoms. The molecular weight excluding hydrogens is 290 g/mol. The van der Waals surface area contributed by atoms with Crippen LogP contribution >= 0.6 is 0 Å². The number of rotatable bonds is 4. The highest BCUT2D eigenvalue weighted by Crippen LogP contribution is 2.29. The van der Waals surface area contributed by atoms with Crippen LogP contribution in [-0.2, 0) is 4.79 Å². The van der Waals surface area contributed by atoms with E-state index >= 15 is 0 Å². The molecule has 2 bridgehead atoms. The summed E-state index contributed by atoms with van der Waals surface area (Å²) in [6.45, 7) is 0. The molecule has 0 radical (unpaired) electrons. The second-order valence-electron chi connectivity index (χ2n) is 6.37. The maximum atomic E-state index is 12.6. The molecule has 2 aromatic rings. The number of fused-ring (bicyclic) bond motifs is 3. The minimum atomic E-state index is -0.0489. The number of hydrogen-bond donors (Lipinski definition) is 3. The van der Waals surface area contributed by atoms with Crippen molar-refractivity contribution >= 4 is 28.8 Å². The van der Waals surface area contributed by atoms with E-state index in [1.54, 1.807) is 0 Å². The predicted molar refractivity (Wildman–Crippen MR) is 89.5 cm³/mol. The Bertz CT molecular complexity index is 774. The largest absolute Gasteiger partial charge is 0.348 e. The molecule has 2 fully saturated rings. The van der Waals surface area contributed by atoms with Gasteiger partial charge in [-0.1, -0.05) is 18.2 Å². The van der Waals surface area contributed by atoms with E-state index in [1.807, 2.05) is 36.4 Å². The van der Waals surface area contributed by atoms with Gasteiger partial charge in [0, 0.05) is 34.8 Å². The smallest absolute Gasteiger partial charge is 0.251 e. The van der Waals surface area contributed by atoms with Gasteiger partial charge in [0.1, 0.15) is 0 Å². The van der Waals surface area contributed by atoms with Crippen molar-refractivity contribution in [1.82, 2.24) is 10.6 Å². The highest BCUT2D eigenvalue weighted by molar-refractivity contribution is 6.03. The Morgan fingerprint density at radius 2 is 2.13 bits per heavy atom. The molecule has 2 heterocycles. The molecule has 2 aliphatic heterocycles. The van der Waals surface area contributed by atoms with E-state index in [1.165, 1.54) is 6.42 Å². The molecule has 3 atom stereocenters. The van der Waals surface area contributed by atoms with Crippen LogP contribution in [0.25, 0.3) is 10.8 Å². The maximum absolute atomic E-state index is 12.6. The molecule has 2 amide bonds. The number of carbonyl (C=O) groups is 2. The molecule has 118 valence electrons. The molecule has 2 aromatic carbocycles. The van der Waals surface area contributed by atoms with E-state index in [-0.39, 0.29) is 11.9 Å². The summed E-state index contributed by atoms with van der Waals surface area (Å²) >= 11 is 0. The summed E-state index contributed by atoms with van der Waals surface area (Å²) in [6.07, 6.45) is 4.03. The monoisotopic (exact) mass is 309 g/mol. The van der Waals surface area contributed by atoms with Crippen molar-refractivity contribution in [2.75, 3.05) is 5.32 Å². The third kappa shape index (κ3) is 2.57. The number of carbonyl (C=O) groups excluding carboxylic acids is 2. The van der Waals surface area contributed by atoms with Gasteiger partial charge in [0.05, 0.1) is 0 Å². The Labute approximate surface area is 134 Å². The van der Waals surface area contributed by atoms with Crippen LogP contribution in [0, 0.1) is 0 Å². The van der Waals surface area contributed by atoms with Crippen molar-refractivity contribution in [2.24, 2.45) is 0 Å². The molecule has 0 aliphatic carbocycles. The topological polar surface area (TPSA) is 70.2 Å². The van der Waals surface area contributed by atoms with E-state index < -0.39 is 0 Å². The van der Waals surface area contributed by atoms with Gasteiger partial charge in [0.2, 0.25) is 6.41 Å². The number of benzene rings is 2. The second-order valence-corrected chi connectivity index (χ2v) is 6.37. The number of nitrogens with one attached hydrogen (secondary N) is 3. The Balaban J connectivity index is 1.59. The van der Waals surface area contributed by atoms with Crippen LogP contribution in [-0.4, -0.2) is 30.4 Å². The molecule has 5 heteroatoms. The fourth-order valence-electron chi connectivity index (χ4n) is 3.84. The third-order valence-electron chi connectivity index (χ3n) is 4.98. The first-order valence-corrected chi connectivity index (χ1v) is 8.04. The quantitative estimate of drug-likeness (QED) is 0.757. The van der Waals surface area contributed by atoms with Gasteiger partial charge >= 0.3 is 0 Å². The summed E-state index contributed by atoms with van der Waals surface area (Å²) < 4.78 is 0. The molecular formula is C18H19N3O2. The Hall–Kier alpha value is -2.40. The minimum Gasteiger partial charge on any atom is -0.348 e. The highest BCUT2D eigenvalue weighted by Gasteiger charge is 2.39. The first-order chi connectivity index (χ1) is 11.2. The third-order valence-corrected chi connectivity index (χ3v) is 4.98. The minimum absolute atomic E-state index is 0.0489. The zero-order chi connectivity index (χ0) is 15.8. The van der Waals surface area contributed by atoms with Crippen LogP contribution in [0.5, 0.6) is 0 Å². The molecule has 5 nitrogen and oxygen atoms in total. The van der Waals surface area contributed by atoms with Crippen molar-refractivity contribution < 1.29 is 9.59 Å². The van der Waals surface area contributed by atoms with E-state index in [0.717, 1.165) is 23.6 Å². The predicted octanol–water partition coefficient (Wildman–Crippen LogP) is 2.03. The van der Waals surface area contributed by atoms with Crippen LogP contribution in [0.3, 0.4) is 0 Å². The van der Waals surface area contributed by atoms with Crippen LogP contribution in [0.1, 0.15) is 29.6 Å². The summed E-state index contributed by atoms with van der Waals surface area (Å²) in [5.41, 5.74) is 1.34. The maximum Gasteiger partial charge on any atom is 0.251 e. The van der Waals surface area contributed by atoms with E-state index in [4.69, 9.17) is 0 Å². The summed E-state index contributed by atoms with van der Waals surface area (Å²) in [6, 6.07) is 12.5. The summed E-state index contributed by atoms with van der Waals surface area (Å²) in [5, 5.41) is 11.2. The zero-order valence-electron chi connectivity index (χ0n) is 12.7. The Morgan fingerprint density at radius 1 is 1.22 bits per heavy atom. The molecule has 2 aliphatic rings. The Kier molecular flexibility index (Phi) is 3.50. The lowest BCUT2D eigenvalue weighted by Gasteiger charge is -2.21. The molecule has 0 aromatic heterocycles. The molecule has 0 spiro atoms. The summed E-state index contributed by atoms with van der Waals surface area (Å²) in [4.78, 5) is 23.3. The van der Waals surface area contributed by atoms with Gasteiger partial charge in [-0.3, -0.25) is 9.59 Å². The standard InChI is InChI=1S/C18H19N3O2/c22-10-19-15-3-1-2-11-4-5-12(8-14(11)15)18(23)21-17-9-13-6-7-16(17)20-13/h1-5,8,10,13,16-17,20H,6-7,9H2,(H,19,22)(H,21,23)/t13-,16+,17-/m1/s1. The van der Waals surface area contributed by atoms with Crippen molar-refractivity contribution in [3.63, 3.8) is 0 Å². The van der Waals surface area contributed by atoms with Crippen LogP contribution in [0.15, 0.2) is 36.4 Å². The SMILES string of the molecule is O=CNc1cccc2ccc(C(=O)N[C@@H]3C[C@H]4CC[C@@H]3N4)cc12. The van der Waals surface area contributed by atoms with E-state index in [2.05, 4.69) is 16.0 Å². The average molecular weight is 309 g/mol. The van der Waals surface area contributed by atoms with Crippen molar-refractivity contribution in [3.8, 4) is 0 Å². The normalized spacial score (nSPS) is 25.5. The van der Waals surface area contributed by atoms with Gasteiger partial charge in [-0.05, 0) is 42.8 Å². The highest BCUT2D eigenvalue weighted by atomic mass is 16.1. The average Bonchev–Trinajstić information content (AvgIpc) is 3.18. The van der Waals surface area contributed by atoms with Crippen molar-refractivity contribution in [2.45, 2.75) is 37.4 Å². The van der Waals surface area contributed by atoms with Gasteiger partial charge in [0.25, 0.3) is 5.91 Å². The lowest BCUT2D eigenvalue weighted by Crippen LogP contribution is -2.42. The fraction of sp³-hybridized carbons (Fsp3) is 0.333. The lowest BCUT2D eigenvalue weighted by atomic mass is 9.95. The van der Waals surface area contributed by atoms with Crippen LogP contribution in [0.2, 0.25) is 0 Å².